The summed E-state index contributed by atoms with van der Waals surface area (Å²) in [6.07, 6.45) is 2.21. The van der Waals surface area contributed by atoms with Crippen LogP contribution in [0.5, 0.6) is 0 Å². The number of amides is 2. The molecule has 0 saturated heterocycles. The standard InChI is InChI=1S/C13H26N2O3/c1-9(2)8-11(4)15-13(18)14-7-5-6-10(3)12(16)17/h9-11H,5-8H2,1-4H3,(H,16,17)(H2,14,15,18). The molecule has 0 aliphatic carbocycles. The molecule has 2 amide bonds. The Bertz CT molecular complexity index is 267. The van der Waals surface area contributed by atoms with Crippen molar-refractivity contribution in [1.29, 1.82) is 0 Å². The molecule has 3 N–H and O–H groups in total. The van der Waals surface area contributed by atoms with E-state index in [9.17, 15) is 9.59 Å². The second-order valence-corrected chi connectivity index (χ2v) is 5.31. The minimum Gasteiger partial charge on any atom is -0.481 e. The fourth-order valence-electron chi connectivity index (χ4n) is 1.77. The lowest BCUT2D eigenvalue weighted by Crippen LogP contribution is -2.41. The summed E-state index contributed by atoms with van der Waals surface area (Å²) in [6, 6.07) is -0.0194. The summed E-state index contributed by atoms with van der Waals surface area (Å²) in [5, 5.41) is 14.3. The summed E-state index contributed by atoms with van der Waals surface area (Å²) in [5.41, 5.74) is 0. The Kier molecular flexibility index (Phi) is 8.16. The second kappa shape index (κ2) is 8.78. The minimum absolute atomic E-state index is 0.156. The first-order valence-electron chi connectivity index (χ1n) is 6.60. The summed E-state index contributed by atoms with van der Waals surface area (Å²) in [6.45, 7) is 8.39. The predicted octanol–water partition coefficient (Wildman–Crippen LogP) is 2.22. The smallest absolute Gasteiger partial charge is 0.314 e. The van der Waals surface area contributed by atoms with Crippen molar-refractivity contribution < 1.29 is 14.7 Å². The third-order valence-corrected chi connectivity index (χ3v) is 2.72. The van der Waals surface area contributed by atoms with Crippen molar-refractivity contribution in [1.82, 2.24) is 10.6 Å². The first-order chi connectivity index (χ1) is 8.32. The predicted molar refractivity (Wildman–Crippen MR) is 71.5 cm³/mol. The van der Waals surface area contributed by atoms with Crippen LogP contribution in [0.3, 0.4) is 0 Å². The summed E-state index contributed by atoms with van der Waals surface area (Å²) < 4.78 is 0. The van der Waals surface area contributed by atoms with Crippen LogP contribution in [-0.4, -0.2) is 29.7 Å². The first kappa shape index (κ1) is 16.7. The maximum atomic E-state index is 11.5. The lowest BCUT2D eigenvalue weighted by atomic mass is 10.1. The Morgan fingerprint density at radius 2 is 1.78 bits per heavy atom. The van der Waals surface area contributed by atoms with Gasteiger partial charge < -0.3 is 15.7 Å². The van der Waals surface area contributed by atoms with E-state index in [1.165, 1.54) is 0 Å². The minimum atomic E-state index is -0.787. The maximum absolute atomic E-state index is 11.5. The van der Waals surface area contributed by atoms with Crippen LogP contribution in [0.4, 0.5) is 4.79 Å². The van der Waals surface area contributed by atoms with Crippen molar-refractivity contribution in [3.63, 3.8) is 0 Å². The molecule has 0 aromatic rings. The van der Waals surface area contributed by atoms with E-state index >= 15 is 0 Å². The SMILES string of the molecule is CC(C)CC(C)NC(=O)NCCCC(C)C(=O)O. The molecular formula is C13H26N2O3. The van der Waals surface area contributed by atoms with Crippen LogP contribution in [0.25, 0.3) is 0 Å². The topological polar surface area (TPSA) is 78.4 Å². The summed E-state index contributed by atoms with van der Waals surface area (Å²) in [4.78, 5) is 22.1. The zero-order chi connectivity index (χ0) is 14.1. The lowest BCUT2D eigenvalue weighted by Gasteiger charge is -2.16. The number of carbonyl (C=O) groups is 2. The van der Waals surface area contributed by atoms with Gasteiger partial charge >= 0.3 is 12.0 Å². The van der Waals surface area contributed by atoms with Gasteiger partial charge in [-0.1, -0.05) is 20.8 Å². The van der Waals surface area contributed by atoms with E-state index in [1.54, 1.807) is 6.92 Å². The van der Waals surface area contributed by atoms with Gasteiger partial charge in [-0.3, -0.25) is 4.79 Å². The molecule has 0 aromatic carbocycles. The zero-order valence-corrected chi connectivity index (χ0v) is 11.8. The number of hydrogen-bond donors (Lipinski definition) is 3. The Balaban J connectivity index is 3.62. The largest absolute Gasteiger partial charge is 0.481 e. The Morgan fingerprint density at radius 1 is 1.17 bits per heavy atom. The molecule has 106 valence electrons. The quantitative estimate of drug-likeness (QED) is 0.584. The Hall–Kier alpha value is -1.26. The van der Waals surface area contributed by atoms with E-state index in [2.05, 4.69) is 24.5 Å². The number of rotatable bonds is 8. The highest BCUT2D eigenvalue weighted by Crippen LogP contribution is 2.05. The first-order valence-corrected chi connectivity index (χ1v) is 6.60. The molecule has 18 heavy (non-hydrogen) atoms. The fraction of sp³-hybridized carbons (Fsp3) is 0.846. The normalized spacial score (nSPS) is 14.1. The molecule has 0 spiro atoms. The molecule has 2 atom stereocenters. The van der Waals surface area contributed by atoms with Gasteiger partial charge in [0.05, 0.1) is 5.92 Å². The van der Waals surface area contributed by atoms with E-state index in [-0.39, 0.29) is 18.0 Å². The molecule has 5 nitrogen and oxygen atoms in total. The van der Waals surface area contributed by atoms with E-state index in [0.29, 0.717) is 25.3 Å². The van der Waals surface area contributed by atoms with Crippen LogP contribution in [0.1, 0.15) is 47.0 Å². The van der Waals surface area contributed by atoms with Gasteiger partial charge in [0, 0.05) is 12.6 Å². The van der Waals surface area contributed by atoms with E-state index < -0.39 is 5.97 Å². The highest BCUT2D eigenvalue weighted by molar-refractivity contribution is 5.74. The number of urea groups is 1. The number of carboxylic acids is 1. The average Bonchev–Trinajstić information content (AvgIpc) is 2.22. The van der Waals surface area contributed by atoms with Gasteiger partial charge in [-0.15, -0.1) is 0 Å². The van der Waals surface area contributed by atoms with E-state index in [4.69, 9.17) is 5.11 Å². The van der Waals surface area contributed by atoms with Crippen molar-refractivity contribution in [2.75, 3.05) is 6.54 Å². The van der Waals surface area contributed by atoms with Crippen LogP contribution in [0.15, 0.2) is 0 Å². The van der Waals surface area contributed by atoms with Crippen molar-refractivity contribution >= 4 is 12.0 Å². The van der Waals surface area contributed by atoms with Crippen molar-refractivity contribution in [3.05, 3.63) is 0 Å². The highest BCUT2D eigenvalue weighted by Gasteiger charge is 2.11. The number of aliphatic carboxylic acids is 1. The number of nitrogens with one attached hydrogen (secondary N) is 2. The average molecular weight is 258 g/mol. The van der Waals surface area contributed by atoms with E-state index in [1.807, 2.05) is 6.92 Å². The van der Waals surface area contributed by atoms with Crippen LogP contribution >= 0.6 is 0 Å². The molecule has 5 heteroatoms. The van der Waals surface area contributed by atoms with Gasteiger partial charge in [0.2, 0.25) is 0 Å². The molecule has 0 fully saturated rings. The zero-order valence-electron chi connectivity index (χ0n) is 11.8. The van der Waals surface area contributed by atoms with Crippen LogP contribution in [0.2, 0.25) is 0 Å². The summed E-state index contributed by atoms with van der Waals surface area (Å²) in [7, 11) is 0. The van der Waals surface area contributed by atoms with Gasteiger partial charge in [0.25, 0.3) is 0 Å². The highest BCUT2D eigenvalue weighted by atomic mass is 16.4. The number of carboxylic acid groups (broad SMARTS) is 1. The molecule has 0 heterocycles. The van der Waals surface area contributed by atoms with Crippen molar-refractivity contribution in [2.45, 2.75) is 53.0 Å². The second-order valence-electron chi connectivity index (χ2n) is 5.31. The third kappa shape index (κ3) is 8.84. The summed E-state index contributed by atoms with van der Waals surface area (Å²) in [5.74, 6) is -0.587. The third-order valence-electron chi connectivity index (χ3n) is 2.72. The Morgan fingerprint density at radius 3 is 2.28 bits per heavy atom. The maximum Gasteiger partial charge on any atom is 0.314 e. The molecule has 0 bridgehead atoms. The molecule has 0 saturated carbocycles. The molecule has 0 radical (unpaired) electrons. The van der Waals surface area contributed by atoms with Crippen LogP contribution in [0, 0.1) is 11.8 Å². The van der Waals surface area contributed by atoms with Gasteiger partial charge in [0.15, 0.2) is 0 Å². The van der Waals surface area contributed by atoms with Crippen LogP contribution < -0.4 is 10.6 Å². The van der Waals surface area contributed by atoms with Crippen molar-refractivity contribution in [3.8, 4) is 0 Å². The number of carbonyl (C=O) groups excluding carboxylic acids is 1. The molecular weight excluding hydrogens is 232 g/mol. The van der Waals surface area contributed by atoms with Gasteiger partial charge in [-0.25, -0.2) is 4.79 Å². The van der Waals surface area contributed by atoms with Crippen LogP contribution in [-0.2, 0) is 4.79 Å². The Labute approximate surface area is 109 Å². The van der Waals surface area contributed by atoms with E-state index in [0.717, 1.165) is 6.42 Å². The lowest BCUT2D eigenvalue weighted by molar-refractivity contribution is -0.141. The molecule has 2 unspecified atom stereocenters. The van der Waals surface area contributed by atoms with Gasteiger partial charge in [-0.05, 0) is 32.1 Å². The molecule has 0 aliphatic heterocycles. The number of hydrogen-bond acceptors (Lipinski definition) is 2. The molecule has 0 aliphatic rings. The van der Waals surface area contributed by atoms with Gasteiger partial charge in [0.1, 0.15) is 0 Å². The van der Waals surface area contributed by atoms with Crippen molar-refractivity contribution in [2.24, 2.45) is 11.8 Å². The monoisotopic (exact) mass is 258 g/mol. The summed E-state index contributed by atoms with van der Waals surface area (Å²) >= 11 is 0. The molecule has 0 rings (SSSR count). The molecule has 0 aromatic heterocycles. The fourth-order valence-corrected chi connectivity index (χ4v) is 1.77. The van der Waals surface area contributed by atoms with Gasteiger partial charge in [-0.2, -0.15) is 0 Å².